The van der Waals surface area contributed by atoms with Crippen LogP contribution in [-0.4, -0.2) is 42.0 Å². The van der Waals surface area contributed by atoms with Gasteiger partial charge in [0, 0.05) is 14.1 Å². The molecule has 1 unspecified atom stereocenters. The van der Waals surface area contributed by atoms with Crippen LogP contribution in [0.4, 0.5) is 10.6 Å². The van der Waals surface area contributed by atoms with Crippen molar-refractivity contribution >= 4 is 29.8 Å². The quantitative estimate of drug-likeness (QED) is 0.673. The lowest BCUT2D eigenvalue weighted by molar-refractivity contribution is -0.113. The lowest BCUT2D eigenvalue weighted by atomic mass is 9.95. The minimum absolute atomic E-state index is 0.0874. The molecule has 0 aliphatic carbocycles. The molecule has 0 aliphatic heterocycles. The van der Waals surface area contributed by atoms with E-state index < -0.39 is 17.2 Å². The zero-order chi connectivity index (χ0) is 17.1. The van der Waals surface area contributed by atoms with Crippen molar-refractivity contribution in [3.63, 3.8) is 0 Å². The molecule has 0 aromatic carbocycles. The van der Waals surface area contributed by atoms with E-state index in [0.717, 1.165) is 0 Å². The molecule has 7 nitrogen and oxygen atoms in total. The number of anilines is 1. The van der Waals surface area contributed by atoms with Gasteiger partial charge in [-0.25, -0.2) is 14.8 Å². The molecule has 0 aliphatic rings. The van der Waals surface area contributed by atoms with Gasteiger partial charge in [0.25, 0.3) is 0 Å². The van der Waals surface area contributed by atoms with E-state index in [-0.39, 0.29) is 5.15 Å². The number of rotatable bonds is 4. The summed E-state index contributed by atoms with van der Waals surface area (Å²) in [7, 11) is 3.50. The van der Waals surface area contributed by atoms with E-state index in [9.17, 15) is 9.59 Å². The number of hydrogen-bond acceptors (Lipinski definition) is 6. The van der Waals surface area contributed by atoms with Gasteiger partial charge in [-0.2, -0.15) is 0 Å². The predicted octanol–water partition coefficient (Wildman–Crippen LogP) is 2.13. The van der Waals surface area contributed by atoms with E-state index in [2.05, 4.69) is 15.3 Å². The van der Waals surface area contributed by atoms with Crippen molar-refractivity contribution < 1.29 is 14.3 Å². The van der Waals surface area contributed by atoms with Crippen molar-refractivity contribution in [1.82, 2.24) is 15.3 Å². The number of ether oxygens (including phenoxy) is 1. The number of aldehydes is 1. The number of aromatic nitrogens is 2. The Morgan fingerprint density at radius 1 is 1.32 bits per heavy atom. The average Bonchev–Trinajstić information content (AvgIpc) is 2.35. The molecule has 1 atom stereocenters. The normalized spacial score (nSPS) is 14.0. The van der Waals surface area contributed by atoms with Crippen LogP contribution in [-0.2, 0) is 15.1 Å². The third-order valence-electron chi connectivity index (χ3n) is 2.72. The Kier molecular flexibility index (Phi) is 5.35. The highest BCUT2D eigenvalue weighted by atomic mass is 35.5. The summed E-state index contributed by atoms with van der Waals surface area (Å²) in [5.74, 6) is 0.436. The first-order valence-corrected chi connectivity index (χ1v) is 7.04. The van der Waals surface area contributed by atoms with Gasteiger partial charge in [-0.05, 0) is 27.7 Å². The summed E-state index contributed by atoms with van der Waals surface area (Å²) in [6.45, 7) is 6.71. The topological polar surface area (TPSA) is 84.4 Å². The standard InChI is InChI=1S/C14H21ClN4O3/c1-13(2,3)22-12(21)18-14(4,7-20)9-10(15)16-8-17-11(9)19(5)6/h7-8H,1-6H3,(H,18,21). The largest absolute Gasteiger partial charge is 0.444 e. The number of hydrogen-bond donors (Lipinski definition) is 1. The Labute approximate surface area is 135 Å². The van der Waals surface area contributed by atoms with Crippen molar-refractivity contribution in [3.8, 4) is 0 Å². The fourth-order valence-corrected chi connectivity index (χ4v) is 2.13. The fraction of sp³-hybridized carbons (Fsp3) is 0.571. The molecule has 1 heterocycles. The van der Waals surface area contributed by atoms with Crippen molar-refractivity contribution in [3.05, 3.63) is 17.0 Å². The molecule has 0 spiro atoms. The van der Waals surface area contributed by atoms with Crippen LogP contribution in [0.1, 0.15) is 33.3 Å². The lowest BCUT2D eigenvalue weighted by Crippen LogP contribution is -2.48. The Morgan fingerprint density at radius 2 is 1.91 bits per heavy atom. The molecule has 1 aromatic heterocycles. The fourth-order valence-electron chi connectivity index (χ4n) is 1.81. The van der Waals surface area contributed by atoms with Crippen molar-refractivity contribution in [2.75, 3.05) is 19.0 Å². The van der Waals surface area contributed by atoms with E-state index in [1.807, 2.05) is 0 Å². The Balaban J connectivity index is 3.25. The zero-order valence-electron chi connectivity index (χ0n) is 13.6. The molecule has 0 fully saturated rings. The van der Waals surface area contributed by atoms with Crippen LogP contribution in [0.25, 0.3) is 0 Å². The Morgan fingerprint density at radius 3 is 2.36 bits per heavy atom. The van der Waals surface area contributed by atoms with Gasteiger partial charge < -0.3 is 19.7 Å². The second-order valence-electron chi connectivity index (χ2n) is 6.20. The highest BCUT2D eigenvalue weighted by molar-refractivity contribution is 6.30. The molecule has 0 bridgehead atoms. The Hall–Kier alpha value is -1.89. The molecule has 1 amide bonds. The van der Waals surface area contributed by atoms with Gasteiger partial charge in [-0.15, -0.1) is 0 Å². The number of amides is 1. The van der Waals surface area contributed by atoms with Gasteiger partial charge in [0.15, 0.2) is 0 Å². The first-order valence-electron chi connectivity index (χ1n) is 6.66. The van der Waals surface area contributed by atoms with Crippen molar-refractivity contribution in [1.29, 1.82) is 0 Å². The van der Waals surface area contributed by atoms with Crippen molar-refractivity contribution in [2.45, 2.75) is 38.8 Å². The zero-order valence-corrected chi connectivity index (χ0v) is 14.4. The SMILES string of the molecule is CN(C)c1ncnc(Cl)c1C(C)(C=O)NC(=O)OC(C)(C)C. The third-order valence-corrected chi connectivity index (χ3v) is 3.01. The third kappa shape index (κ3) is 4.30. The number of nitrogens with one attached hydrogen (secondary N) is 1. The maximum atomic E-state index is 12.0. The summed E-state index contributed by atoms with van der Waals surface area (Å²) in [4.78, 5) is 33.4. The van der Waals surface area contributed by atoms with Crippen LogP contribution in [0.2, 0.25) is 5.15 Å². The molecule has 0 radical (unpaired) electrons. The van der Waals surface area contributed by atoms with Gasteiger partial charge >= 0.3 is 6.09 Å². The Bertz CT molecular complexity index is 572. The molecule has 0 saturated carbocycles. The highest BCUT2D eigenvalue weighted by Crippen LogP contribution is 2.32. The summed E-state index contributed by atoms with van der Waals surface area (Å²) in [6, 6.07) is 0. The van der Waals surface area contributed by atoms with E-state index >= 15 is 0 Å². The first-order chi connectivity index (χ1) is 10.00. The minimum atomic E-state index is -1.42. The van der Waals surface area contributed by atoms with Gasteiger partial charge in [-0.3, -0.25) is 0 Å². The number of carbonyl (C=O) groups excluding carboxylic acids is 2. The van der Waals surface area contributed by atoms with E-state index in [1.165, 1.54) is 13.3 Å². The van der Waals surface area contributed by atoms with Crippen LogP contribution in [0.3, 0.4) is 0 Å². The molecule has 1 aromatic rings. The van der Waals surface area contributed by atoms with Gasteiger partial charge in [-0.1, -0.05) is 11.6 Å². The van der Waals surface area contributed by atoms with Crippen LogP contribution >= 0.6 is 11.6 Å². The van der Waals surface area contributed by atoms with Gasteiger partial charge in [0.05, 0.1) is 5.56 Å². The van der Waals surface area contributed by atoms with E-state index in [0.29, 0.717) is 17.7 Å². The molecule has 0 saturated heterocycles. The minimum Gasteiger partial charge on any atom is -0.444 e. The van der Waals surface area contributed by atoms with Gasteiger partial charge in [0.1, 0.15) is 34.7 Å². The summed E-state index contributed by atoms with van der Waals surface area (Å²) in [6.07, 6.45) is 1.14. The summed E-state index contributed by atoms with van der Waals surface area (Å²) in [5, 5.41) is 2.62. The average molecular weight is 329 g/mol. The molecule has 22 heavy (non-hydrogen) atoms. The summed E-state index contributed by atoms with van der Waals surface area (Å²) in [5.41, 5.74) is -1.79. The van der Waals surface area contributed by atoms with Gasteiger partial charge in [0.2, 0.25) is 0 Å². The number of alkyl carbamates (subject to hydrolysis) is 1. The van der Waals surface area contributed by atoms with Crippen LogP contribution in [0.15, 0.2) is 6.33 Å². The molecular formula is C14H21ClN4O3. The first kappa shape index (κ1) is 18.2. The predicted molar refractivity (Wildman–Crippen MR) is 84.2 cm³/mol. The van der Waals surface area contributed by atoms with Crippen LogP contribution in [0.5, 0.6) is 0 Å². The monoisotopic (exact) mass is 328 g/mol. The second-order valence-corrected chi connectivity index (χ2v) is 6.56. The second kappa shape index (κ2) is 6.48. The van der Waals surface area contributed by atoms with E-state index in [4.69, 9.17) is 16.3 Å². The van der Waals surface area contributed by atoms with E-state index in [1.54, 1.807) is 39.8 Å². The number of nitrogens with zero attached hydrogens (tertiary/aromatic N) is 3. The number of halogens is 1. The maximum absolute atomic E-state index is 12.0. The highest BCUT2D eigenvalue weighted by Gasteiger charge is 2.36. The molecular weight excluding hydrogens is 308 g/mol. The summed E-state index contributed by atoms with van der Waals surface area (Å²) < 4.78 is 5.19. The summed E-state index contributed by atoms with van der Waals surface area (Å²) >= 11 is 6.12. The molecule has 122 valence electrons. The van der Waals surface area contributed by atoms with Crippen molar-refractivity contribution in [2.24, 2.45) is 0 Å². The molecule has 8 heteroatoms. The smallest absolute Gasteiger partial charge is 0.408 e. The number of carbonyl (C=O) groups is 2. The van der Waals surface area contributed by atoms with Crippen LogP contribution < -0.4 is 10.2 Å². The molecule has 1 N–H and O–H groups in total. The molecule has 1 rings (SSSR count). The van der Waals surface area contributed by atoms with Crippen LogP contribution in [0, 0.1) is 0 Å². The lowest BCUT2D eigenvalue weighted by Gasteiger charge is -2.30. The maximum Gasteiger partial charge on any atom is 0.408 e.